The zero-order valence-corrected chi connectivity index (χ0v) is 13.7. The third-order valence-corrected chi connectivity index (χ3v) is 3.50. The summed E-state index contributed by atoms with van der Waals surface area (Å²) >= 11 is 5.75. The van der Waals surface area contributed by atoms with Crippen LogP contribution in [0.4, 0.5) is 11.6 Å². The van der Waals surface area contributed by atoms with E-state index in [2.05, 4.69) is 34.0 Å². The minimum absolute atomic E-state index is 0.514. The fourth-order valence-corrected chi connectivity index (χ4v) is 2.07. The van der Waals surface area contributed by atoms with Crippen LogP contribution in [0, 0.1) is 0 Å². The van der Waals surface area contributed by atoms with Crippen molar-refractivity contribution in [3.8, 4) is 5.75 Å². The molecule has 1 heterocycles. The fourth-order valence-electron chi connectivity index (χ4n) is 1.97. The first-order chi connectivity index (χ1) is 10.7. The second kappa shape index (κ2) is 8.56. The van der Waals surface area contributed by atoms with Gasteiger partial charge in [0.2, 0.25) is 5.95 Å². The first kappa shape index (κ1) is 16.5. The lowest BCUT2D eigenvalue weighted by molar-refractivity contribution is 0.223. The predicted molar refractivity (Wildman–Crippen MR) is 90.0 cm³/mol. The highest BCUT2D eigenvalue weighted by Gasteiger charge is 2.01. The molecule has 118 valence electrons. The topological polar surface area (TPSA) is 50.3 Å². The van der Waals surface area contributed by atoms with E-state index in [-0.39, 0.29) is 0 Å². The lowest BCUT2D eigenvalue weighted by Crippen LogP contribution is -2.27. The van der Waals surface area contributed by atoms with E-state index in [1.165, 1.54) is 0 Å². The number of hydrogen-bond acceptors (Lipinski definition) is 5. The van der Waals surface area contributed by atoms with Gasteiger partial charge in [0.15, 0.2) is 0 Å². The molecule has 0 radical (unpaired) electrons. The van der Waals surface area contributed by atoms with Gasteiger partial charge in [-0.1, -0.05) is 25.4 Å². The average molecular weight is 321 g/mol. The molecule has 0 aliphatic rings. The molecule has 1 N–H and O–H groups in total. The van der Waals surface area contributed by atoms with Crippen molar-refractivity contribution in [3.05, 3.63) is 41.7 Å². The number of halogens is 1. The van der Waals surface area contributed by atoms with Crippen molar-refractivity contribution >= 4 is 23.2 Å². The summed E-state index contributed by atoms with van der Waals surface area (Å²) < 4.78 is 5.74. The van der Waals surface area contributed by atoms with Crippen LogP contribution in [0.1, 0.15) is 13.8 Å². The van der Waals surface area contributed by atoms with E-state index >= 15 is 0 Å². The summed E-state index contributed by atoms with van der Waals surface area (Å²) in [7, 11) is 0. The van der Waals surface area contributed by atoms with Gasteiger partial charge in [0.1, 0.15) is 12.4 Å². The highest BCUT2D eigenvalue weighted by Crippen LogP contribution is 2.18. The van der Waals surface area contributed by atoms with Crippen molar-refractivity contribution in [3.63, 3.8) is 0 Å². The number of rotatable bonds is 8. The second-order valence-electron chi connectivity index (χ2n) is 4.75. The standard InChI is InChI=1S/C16H21ClN4O/c1-3-21(4-2)9-10-22-15-7-5-14(6-8-15)20-16-18-11-13(17)12-19-16/h5-8,11-12H,3-4,9-10H2,1-2H3,(H,18,19,20). The van der Waals surface area contributed by atoms with Crippen LogP contribution < -0.4 is 10.1 Å². The van der Waals surface area contributed by atoms with Crippen LogP contribution >= 0.6 is 11.6 Å². The Labute approximate surface area is 136 Å². The van der Waals surface area contributed by atoms with Crippen LogP contribution in [0.15, 0.2) is 36.7 Å². The minimum Gasteiger partial charge on any atom is -0.492 e. The monoisotopic (exact) mass is 320 g/mol. The lowest BCUT2D eigenvalue weighted by Gasteiger charge is -2.18. The van der Waals surface area contributed by atoms with Crippen LogP contribution in [-0.4, -0.2) is 41.1 Å². The molecule has 2 aromatic rings. The van der Waals surface area contributed by atoms with Crippen molar-refractivity contribution in [1.29, 1.82) is 0 Å². The molecule has 0 fully saturated rings. The molecule has 0 bridgehead atoms. The van der Waals surface area contributed by atoms with Crippen molar-refractivity contribution in [2.75, 3.05) is 31.6 Å². The van der Waals surface area contributed by atoms with Crippen molar-refractivity contribution < 1.29 is 4.74 Å². The molecule has 0 saturated heterocycles. The summed E-state index contributed by atoms with van der Waals surface area (Å²) in [6, 6.07) is 7.73. The van der Waals surface area contributed by atoms with Gasteiger partial charge in [-0.25, -0.2) is 9.97 Å². The highest BCUT2D eigenvalue weighted by atomic mass is 35.5. The maximum absolute atomic E-state index is 5.75. The summed E-state index contributed by atoms with van der Waals surface area (Å²) in [6.45, 7) is 8.03. The van der Waals surface area contributed by atoms with Gasteiger partial charge in [0.25, 0.3) is 0 Å². The number of hydrogen-bond donors (Lipinski definition) is 1. The number of anilines is 2. The zero-order valence-electron chi connectivity index (χ0n) is 12.9. The molecule has 1 aromatic carbocycles. The first-order valence-electron chi connectivity index (χ1n) is 7.41. The van der Waals surface area contributed by atoms with Gasteiger partial charge in [-0.3, -0.25) is 0 Å². The number of ether oxygens (including phenoxy) is 1. The quantitative estimate of drug-likeness (QED) is 0.805. The van der Waals surface area contributed by atoms with Crippen molar-refractivity contribution in [2.45, 2.75) is 13.8 Å². The molecule has 5 nitrogen and oxygen atoms in total. The molecule has 22 heavy (non-hydrogen) atoms. The molecular formula is C16H21ClN4O. The highest BCUT2D eigenvalue weighted by molar-refractivity contribution is 6.30. The Morgan fingerprint density at radius 3 is 2.32 bits per heavy atom. The fraction of sp³-hybridized carbons (Fsp3) is 0.375. The Bertz CT molecular complexity index is 555. The molecule has 1 aromatic heterocycles. The van der Waals surface area contributed by atoms with E-state index in [1.807, 2.05) is 24.3 Å². The number of nitrogens with zero attached hydrogens (tertiary/aromatic N) is 3. The summed E-state index contributed by atoms with van der Waals surface area (Å²) in [5.41, 5.74) is 0.901. The van der Waals surface area contributed by atoms with Gasteiger partial charge in [-0.05, 0) is 37.4 Å². The van der Waals surface area contributed by atoms with E-state index in [0.717, 1.165) is 31.1 Å². The molecule has 0 spiro atoms. The van der Waals surface area contributed by atoms with Crippen LogP contribution in [0.3, 0.4) is 0 Å². The predicted octanol–water partition coefficient (Wildman–Crippen LogP) is 3.59. The number of nitrogens with one attached hydrogen (secondary N) is 1. The number of likely N-dealkylation sites (N-methyl/N-ethyl adjacent to an activating group) is 1. The molecule has 0 aliphatic carbocycles. The van der Waals surface area contributed by atoms with Crippen LogP contribution in [0.5, 0.6) is 5.75 Å². The van der Waals surface area contributed by atoms with Gasteiger partial charge < -0.3 is 15.0 Å². The summed E-state index contributed by atoms with van der Waals surface area (Å²) in [5.74, 6) is 1.37. The molecule has 0 amide bonds. The molecule has 0 saturated carbocycles. The maximum Gasteiger partial charge on any atom is 0.227 e. The first-order valence-corrected chi connectivity index (χ1v) is 7.78. The van der Waals surface area contributed by atoms with Gasteiger partial charge in [0.05, 0.1) is 17.4 Å². The third kappa shape index (κ3) is 5.16. The summed E-state index contributed by atoms with van der Waals surface area (Å²) in [5, 5.41) is 3.62. The smallest absolute Gasteiger partial charge is 0.227 e. The molecular weight excluding hydrogens is 300 g/mol. The van der Waals surface area contributed by atoms with Crippen molar-refractivity contribution in [1.82, 2.24) is 14.9 Å². The van der Waals surface area contributed by atoms with E-state index < -0.39 is 0 Å². The van der Waals surface area contributed by atoms with Crippen LogP contribution in [-0.2, 0) is 0 Å². The average Bonchev–Trinajstić information content (AvgIpc) is 2.55. The van der Waals surface area contributed by atoms with Crippen molar-refractivity contribution in [2.24, 2.45) is 0 Å². The Morgan fingerprint density at radius 1 is 1.09 bits per heavy atom. The Morgan fingerprint density at radius 2 is 1.73 bits per heavy atom. The molecule has 0 aliphatic heterocycles. The second-order valence-corrected chi connectivity index (χ2v) is 5.19. The number of aromatic nitrogens is 2. The van der Waals surface area contributed by atoms with Gasteiger partial charge in [-0.15, -0.1) is 0 Å². The van der Waals surface area contributed by atoms with Gasteiger partial charge >= 0.3 is 0 Å². The van der Waals surface area contributed by atoms with Crippen LogP contribution in [0.2, 0.25) is 5.02 Å². The Balaban J connectivity index is 1.83. The van der Waals surface area contributed by atoms with E-state index in [0.29, 0.717) is 17.6 Å². The van der Waals surface area contributed by atoms with E-state index in [1.54, 1.807) is 12.4 Å². The molecule has 0 atom stereocenters. The van der Waals surface area contributed by atoms with E-state index in [9.17, 15) is 0 Å². The molecule has 2 rings (SSSR count). The lowest BCUT2D eigenvalue weighted by atomic mass is 10.3. The van der Waals surface area contributed by atoms with Gasteiger partial charge in [-0.2, -0.15) is 0 Å². The van der Waals surface area contributed by atoms with Crippen LogP contribution in [0.25, 0.3) is 0 Å². The largest absolute Gasteiger partial charge is 0.492 e. The molecule has 0 unspecified atom stereocenters. The maximum atomic E-state index is 5.75. The number of benzene rings is 1. The normalized spacial score (nSPS) is 10.7. The zero-order chi connectivity index (χ0) is 15.8. The minimum atomic E-state index is 0.514. The Hall–Kier alpha value is -1.85. The summed E-state index contributed by atoms with van der Waals surface area (Å²) in [6.07, 6.45) is 3.11. The van der Waals surface area contributed by atoms with Gasteiger partial charge in [0, 0.05) is 12.2 Å². The SMILES string of the molecule is CCN(CC)CCOc1ccc(Nc2ncc(Cl)cn2)cc1. The molecule has 6 heteroatoms. The van der Waals surface area contributed by atoms with E-state index in [4.69, 9.17) is 16.3 Å². The third-order valence-electron chi connectivity index (χ3n) is 3.30. The Kier molecular flexibility index (Phi) is 6.43. The summed E-state index contributed by atoms with van der Waals surface area (Å²) in [4.78, 5) is 10.5.